The summed E-state index contributed by atoms with van der Waals surface area (Å²) in [4.78, 5) is 0. The van der Waals surface area contributed by atoms with Crippen LogP contribution in [-0.2, 0) is 19.6 Å². The molecule has 116 valence electrons. The van der Waals surface area contributed by atoms with Gasteiger partial charge in [0.15, 0.2) is 0 Å². The van der Waals surface area contributed by atoms with Gasteiger partial charge in [0.25, 0.3) is 0 Å². The van der Waals surface area contributed by atoms with Crippen molar-refractivity contribution in [3.05, 3.63) is 71.0 Å². The largest absolute Gasteiger partial charge is 0.392 e. The highest BCUT2D eigenvalue weighted by Crippen LogP contribution is 2.34. The maximum Gasteiger partial charge on any atom is 0.128 e. The third-order valence-corrected chi connectivity index (χ3v) is 4.34. The Bertz CT molecular complexity index is 610. The number of rotatable bonds is 7. The van der Waals surface area contributed by atoms with Gasteiger partial charge in [0.05, 0.1) is 6.61 Å². The van der Waals surface area contributed by atoms with Crippen LogP contribution in [-0.4, -0.2) is 11.1 Å². The maximum atomic E-state index is 13.4. The van der Waals surface area contributed by atoms with Gasteiger partial charge in [-0.25, -0.2) is 4.39 Å². The molecule has 1 aliphatic carbocycles. The van der Waals surface area contributed by atoms with E-state index in [0.717, 1.165) is 17.9 Å². The fourth-order valence-electron chi connectivity index (χ4n) is 2.88. The van der Waals surface area contributed by atoms with Gasteiger partial charge in [0.2, 0.25) is 0 Å². The van der Waals surface area contributed by atoms with Crippen LogP contribution in [0.3, 0.4) is 0 Å². The summed E-state index contributed by atoms with van der Waals surface area (Å²) in [7, 11) is 0. The average Bonchev–Trinajstić information content (AvgIpc) is 3.38. The minimum absolute atomic E-state index is 0.254. The molecule has 2 aromatic carbocycles. The van der Waals surface area contributed by atoms with Crippen LogP contribution in [0.15, 0.2) is 48.5 Å². The molecule has 0 aliphatic heterocycles. The number of benzene rings is 2. The Hall–Kier alpha value is -1.71. The van der Waals surface area contributed by atoms with Crippen molar-refractivity contribution in [2.45, 2.75) is 38.5 Å². The van der Waals surface area contributed by atoms with E-state index in [1.807, 2.05) is 6.07 Å². The Kier molecular flexibility index (Phi) is 4.86. The summed E-state index contributed by atoms with van der Waals surface area (Å²) in [5.41, 5.74) is 2.73. The van der Waals surface area contributed by atoms with Gasteiger partial charge in [0, 0.05) is 18.2 Å². The SMILES string of the molecule is OCc1cc(CNC(Cc2ccccc2)C2CC2)ccc1F. The van der Waals surface area contributed by atoms with Crippen LogP contribution in [0.4, 0.5) is 4.39 Å². The van der Waals surface area contributed by atoms with Crippen LogP contribution >= 0.6 is 0 Å². The molecule has 0 amide bonds. The highest BCUT2D eigenvalue weighted by molar-refractivity contribution is 5.25. The van der Waals surface area contributed by atoms with Crippen LogP contribution in [0, 0.1) is 11.7 Å². The second kappa shape index (κ2) is 7.03. The van der Waals surface area contributed by atoms with Crippen LogP contribution < -0.4 is 5.32 Å². The first-order valence-electron chi connectivity index (χ1n) is 7.91. The summed E-state index contributed by atoms with van der Waals surface area (Å²) in [6.45, 7) is 0.455. The summed E-state index contributed by atoms with van der Waals surface area (Å²) < 4.78 is 13.4. The van der Waals surface area contributed by atoms with E-state index in [4.69, 9.17) is 5.11 Å². The Labute approximate surface area is 131 Å². The molecule has 1 fully saturated rings. The Balaban J connectivity index is 1.62. The Morgan fingerprint density at radius 3 is 2.55 bits per heavy atom. The molecule has 1 saturated carbocycles. The number of hydrogen-bond donors (Lipinski definition) is 2. The Morgan fingerprint density at radius 2 is 1.86 bits per heavy atom. The molecule has 1 aliphatic rings. The lowest BCUT2D eigenvalue weighted by Crippen LogP contribution is -2.32. The minimum atomic E-state index is -0.339. The van der Waals surface area contributed by atoms with E-state index in [-0.39, 0.29) is 12.4 Å². The summed E-state index contributed by atoms with van der Waals surface area (Å²) in [6.07, 6.45) is 3.60. The minimum Gasteiger partial charge on any atom is -0.392 e. The van der Waals surface area contributed by atoms with E-state index in [9.17, 15) is 4.39 Å². The van der Waals surface area contributed by atoms with Gasteiger partial charge in [-0.3, -0.25) is 0 Å². The van der Waals surface area contributed by atoms with Crippen LogP contribution in [0.1, 0.15) is 29.5 Å². The van der Waals surface area contributed by atoms with E-state index in [2.05, 4.69) is 29.6 Å². The van der Waals surface area contributed by atoms with E-state index in [1.165, 1.54) is 24.5 Å². The van der Waals surface area contributed by atoms with Gasteiger partial charge in [0.1, 0.15) is 5.82 Å². The van der Waals surface area contributed by atoms with Crippen molar-refractivity contribution in [3.8, 4) is 0 Å². The molecule has 3 heteroatoms. The molecule has 0 heterocycles. The van der Waals surface area contributed by atoms with E-state index in [0.29, 0.717) is 18.2 Å². The van der Waals surface area contributed by atoms with Crippen molar-refractivity contribution in [1.82, 2.24) is 5.32 Å². The van der Waals surface area contributed by atoms with Crippen LogP contribution in [0.5, 0.6) is 0 Å². The molecule has 0 radical (unpaired) electrons. The summed E-state index contributed by atoms with van der Waals surface area (Å²) in [5, 5.41) is 12.8. The zero-order chi connectivity index (χ0) is 15.4. The van der Waals surface area contributed by atoms with Crippen molar-refractivity contribution in [1.29, 1.82) is 0 Å². The molecule has 0 spiro atoms. The van der Waals surface area contributed by atoms with Crippen molar-refractivity contribution < 1.29 is 9.50 Å². The fraction of sp³-hybridized carbons (Fsp3) is 0.368. The van der Waals surface area contributed by atoms with E-state index >= 15 is 0 Å². The third kappa shape index (κ3) is 3.93. The van der Waals surface area contributed by atoms with E-state index < -0.39 is 0 Å². The first-order valence-corrected chi connectivity index (χ1v) is 7.91. The normalized spacial score (nSPS) is 15.7. The highest BCUT2D eigenvalue weighted by atomic mass is 19.1. The van der Waals surface area contributed by atoms with Crippen LogP contribution in [0.25, 0.3) is 0 Å². The maximum absolute atomic E-state index is 13.4. The smallest absolute Gasteiger partial charge is 0.128 e. The molecule has 0 aromatic heterocycles. The van der Waals surface area contributed by atoms with Crippen molar-refractivity contribution in [2.24, 2.45) is 5.92 Å². The molecule has 1 atom stereocenters. The number of halogens is 1. The van der Waals surface area contributed by atoms with Crippen molar-refractivity contribution >= 4 is 0 Å². The number of nitrogens with one attached hydrogen (secondary N) is 1. The van der Waals surface area contributed by atoms with Gasteiger partial charge >= 0.3 is 0 Å². The summed E-state index contributed by atoms with van der Waals surface area (Å²) in [6, 6.07) is 16.0. The molecule has 0 bridgehead atoms. The zero-order valence-electron chi connectivity index (χ0n) is 12.6. The monoisotopic (exact) mass is 299 g/mol. The Morgan fingerprint density at radius 1 is 1.09 bits per heavy atom. The summed E-state index contributed by atoms with van der Waals surface area (Å²) >= 11 is 0. The summed E-state index contributed by atoms with van der Waals surface area (Å²) in [5.74, 6) is 0.409. The van der Waals surface area contributed by atoms with Crippen LogP contribution in [0.2, 0.25) is 0 Å². The standard InChI is InChI=1S/C19H22FNO/c20-18-9-6-15(10-17(18)13-22)12-21-19(16-7-8-16)11-14-4-2-1-3-5-14/h1-6,9-10,16,19,21-22H,7-8,11-13H2. The van der Waals surface area contributed by atoms with Gasteiger partial charge in [-0.1, -0.05) is 36.4 Å². The van der Waals surface area contributed by atoms with Gasteiger partial charge < -0.3 is 10.4 Å². The fourth-order valence-corrected chi connectivity index (χ4v) is 2.88. The predicted molar refractivity (Wildman–Crippen MR) is 85.8 cm³/mol. The molecule has 0 saturated heterocycles. The second-order valence-corrected chi connectivity index (χ2v) is 6.10. The lowest BCUT2D eigenvalue weighted by Gasteiger charge is -2.19. The predicted octanol–water partition coefficient (Wildman–Crippen LogP) is 3.43. The van der Waals surface area contributed by atoms with Gasteiger partial charge in [-0.2, -0.15) is 0 Å². The highest BCUT2D eigenvalue weighted by Gasteiger charge is 2.30. The lowest BCUT2D eigenvalue weighted by molar-refractivity contribution is 0.275. The van der Waals surface area contributed by atoms with E-state index in [1.54, 1.807) is 12.1 Å². The molecular weight excluding hydrogens is 277 g/mol. The number of hydrogen-bond acceptors (Lipinski definition) is 2. The molecule has 2 nitrogen and oxygen atoms in total. The molecule has 22 heavy (non-hydrogen) atoms. The van der Waals surface area contributed by atoms with Gasteiger partial charge in [-0.15, -0.1) is 0 Å². The second-order valence-electron chi connectivity index (χ2n) is 6.10. The number of aliphatic hydroxyl groups excluding tert-OH is 1. The number of aliphatic hydroxyl groups is 1. The van der Waals surface area contributed by atoms with Crippen molar-refractivity contribution in [3.63, 3.8) is 0 Å². The molecule has 3 rings (SSSR count). The third-order valence-electron chi connectivity index (χ3n) is 4.34. The molecular formula is C19H22FNO. The average molecular weight is 299 g/mol. The van der Waals surface area contributed by atoms with Crippen molar-refractivity contribution in [2.75, 3.05) is 0 Å². The first-order chi connectivity index (χ1) is 10.8. The molecule has 2 N–H and O–H groups in total. The van der Waals surface area contributed by atoms with Gasteiger partial charge in [-0.05, 0) is 48.4 Å². The first kappa shape index (κ1) is 15.2. The molecule has 1 unspecified atom stereocenters. The zero-order valence-corrected chi connectivity index (χ0v) is 12.6. The molecule has 2 aromatic rings. The lowest BCUT2D eigenvalue weighted by atomic mass is 10.0. The quantitative estimate of drug-likeness (QED) is 0.821. The topological polar surface area (TPSA) is 32.3 Å².